The Bertz CT molecular complexity index is 1080. The third-order valence-corrected chi connectivity index (χ3v) is 4.99. The molecule has 31 heavy (non-hydrogen) atoms. The van der Waals surface area contributed by atoms with Crippen LogP contribution >= 0.6 is 11.8 Å². The first-order valence-electron chi connectivity index (χ1n) is 8.95. The molecule has 1 aromatic heterocycles. The first-order valence-corrected chi connectivity index (χ1v) is 9.93. The Hall–Kier alpha value is -3.66. The molecule has 0 radical (unpaired) electrons. The highest BCUT2D eigenvalue weighted by molar-refractivity contribution is 7.99. The summed E-state index contributed by atoms with van der Waals surface area (Å²) in [5.74, 6) is -1.99. The molecule has 0 unspecified atom stereocenters. The number of imidazole rings is 1. The van der Waals surface area contributed by atoms with Gasteiger partial charge < -0.3 is 19.8 Å². The molecule has 0 spiro atoms. The first kappa shape index (κ1) is 22.0. The van der Waals surface area contributed by atoms with E-state index in [0.717, 1.165) is 17.3 Å². The van der Waals surface area contributed by atoms with Crippen LogP contribution in [0.15, 0.2) is 53.8 Å². The van der Waals surface area contributed by atoms with Gasteiger partial charge in [-0.05, 0) is 48.0 Å². The maximum atomic E-state index is 13.0. The Morgan fingerprint density at radius 2 is 1.65 bits per heavy atom. The summed E-state index contributed by atoms with van der Waals surface area (Å²) in [4.78, 5) is 43.3. The van der Waals surface area contributed by atoms with Gasteiger partial charge in [-0.15, -0.1) is 0 Å². The third kappa shape index (κ3) is 5.70. The zero-order chi connectivity index (χ0) is 22.4. The monoisotopic (exact) mass is 443 g/mol. The highest BCUT2D eigenvalue weighted by Gasteiger charge is 2.15. The van der Waals surface area contributed by atoms with Crippen molar-refractivity contribution >= 4 is 35.3 Å². The van der Waals surface area contributed by atoms with Gasteiger partial charge in [0.1, 0.15) is 5.82 Å². The van der Waals surface area contributed by atoms with Gasteiger partial charge in [-0.3, -0.25) is 4.79 Å². The van der Waals surface area contributed by atoms with Gasteiger partial charge >= 0.3 is 11.9 Å². The number of benzene rings is 2. The average Bonchev–Trinajstić information content (AvgIpc) is 3.26. The molecule has 0 aliphatic heterocycles. The molecule has 3 aromatic rings. The molecule has 0 atom stereocenters. The Labute approximate surface area is 181 Å². The summed E-state index contributed by atoms with van der Waals surface area (Å²) >= 11 is 1.16. The number of nitrogens with one attached hydrogen (secondary N) is 2. The molecule has 0 bridgehead atoms. The normalized spacial score (nSPS) is 10.4. The lowest BCUT2D eigenvalue weighted by Gasteiger charge is -2.09. The minimum atomic E-state index is -0.653. The number of aromatic nitrogens is 2. The number of hydrogen-bond acceptors (Lipinski definition) is 7. The van der Waals surface area contributed by atoms with Crippen LogP contribution in [0.2, 0.25) is 0 Å². The fourth-order valence-corrected chi connectivity index (χ4v) is 3.30. The molecule has 0 saturated heterocycles. The van der Waals surface area contributed by atoms with Crippen LogP contribution in [0.25, 0.3) is 11.3 Å². The van der Waals surface area contributed by atoms with E-state index in [9.17, 15) is 18.8 Å². The second-order valence-corrected chi connectivity index (χ2v) is 7.19. The summed E-state index contributed by atoms with van der Waals surface area (Å²) in [6.45, 7) is 0. The highest BCUT2D eigenvalue weighted by atomic mass is 32.2. The van der Waals surface area contributed by atoms with Crippen LogP contribution in [-0.2, 0) is 14.3 Å². The predicted molar refractivity (Wildman–Crippen MR) is 112 cm³/mol. The average molecular weight is 443 g/mol. The smallest absolute Gasteiger partial charge is 0.337 e. The largest absolute Gasteiger partial charge is 0.465 e. The van der Waals surface area contributed by atoms with Crippen molar-refractivity contribution in [3.05, 3.63) is 65.6 Å². The standard InChI is InChI=1S/C21H18FN3O5S/c1-29-19(27)13-7-14(20(28)30-2)9-16(8-13)24-18(26)11-31-21-23-10-17(25-21)12-3-5-15(22)6-4-12/h3-10H,11H2,1-2H3,(H,23,25)(H,24,26). The summed E-state index contributed by atoms with van der Waals surface area (Å²) in [5.41, 5.74) is 1.91. The SMILES string of the molecule is COC(=O)c1cc(NC(=O)CSc2ncc(-c3ccc(F)cc3)[nH]2)cc(C(=O)OC)c1. The molecule has 160 valence electrons. The van der Waals surface area contributed by atoms with Crippen molar-refractivity contribution < 1.29 is 28.2 Å². The number of halogens is 1. The lowest BCUT2D eigenvalue weighted by Crippen LogP contribution is -2.16. The Kier molecular flexibility index (Phi) is 7.03. The van der Waals surface area contributed by atoms with Gasteiger partial charge in [-0.2, -0.15) is 0 Å². The van der Waals surface area contributed by atoms with Crippen molar-refractivity contribution in [2.75, 3.05) is 25.3 Å². The van der Waals surface area contributed by atoms with Gasteiger partial charge in [0.05, 0.1) is 43.0 Å². The van der Waals surface area contributed by atoms with Gasteiger partial charge in [-0.1, -0.05) is 11.8 Å². The van der Waals surface area contributed by atoms with Gasteiger partial charge in [-0.25, -0.2) is 19.0 Å². The Morgan fingerprint density at radius 3 is 2.23 bits per heavy atom. The molecule has 10 heteroatoms. The molecular formula is C21H18FN3O5S. The number of esters is 2. The van der Waals surface area contributed by atoms with E-state index in [1.165, 1.54) is 44.6 Å². The molecule has 3 rings (SSSR count). The van der Waals surface area contributed by atoms with E-state index < -0.39 is 11.9 Å². The van der Waals surface area contributed by atoms with E-state index in [0.29, 0.717) is 10.9 Å². The number of rotatable bonds is 7. The minimum Gasteiger partial charge on any atom is -0.465 e. The highest BCUT2D eigenvalue weighted by Crippen LogP contribution is 2.22. The third-order valence-electron chi connectivity index (χ3n) is 4.11. The van der Waals surface area contributed by atoms with Crippen molar-refractivity contribution in [3.63, 3.8) is 0 Å². The van der Waals surface area contributed by atoms with Crippen LogP contribution in [0.3, 0.4) is 0 Å². The maximum Gasteiger partial charge on any atom is 0.337 e. The molecular weight excluding hydrogens is 425 g/mol. The molecule has 0 aliphatic carbocycles. The van der Waals surface area contributed by atoms with E-state index in [-0.39, 0.29) is 34.3 Å². The van der Waals surface area contributed by atoms with Crippen molar-refractivity contribution in [1.29, 1.82) is 0 Å². The van der Waals surface area contributed by atoms with Crippen molar-refractivity contribution in [1.82, 2.24) is 9.97 Å². The van der Waals surface area contributed by atoms with Crippen molar-refractivity contribution in [3.8, 4) is 11.3 Å². The molecule has 0 saturated carbocycles. The summed E-state index contributed by atoms with van der Waals surface area (Å²) < 4.78 is 22.4. The van der Waals surface area contributed by atoms with Crippen LogP contribution in [-0.4, -0.2) is 47.8 Å². The fraction of sp³-hybridized carbons (Fsp3) is 0.143. The minimum absolute atomic E-state index is 0.0202. The molecule has 2 N–H and O–H groups in total. The van der Waals surface area contributed by atoms with Gasteiger partial charge in [0.15, 0.2) is 5.16 Å². The summed E-state index contributed by atoms with van der Waals surface area (Å²) in [6, 6.07) is 10.1. The quantitative estimate of drug-likeness (QED) is 0.425. The lowest BCUT2D eigenvalue weighted by atomic mass is 10.1. The fourth-order valence-electron chi connectivity index (χ4n) is 2.65. The van der Waals surface area contributed by atoms with Crippen LogP contribution in [0.1, 0.15) is 20.7 Å². The van der Waals surface area contributed by atoms with E-state index in [2.05, 4.69) is 24.8 Å². The number of amides is 1. The summed E-state index contributed by atoms with van der Waals surface area (Å²) in [7, 11) is 2.43. The van der Waals surface area contributed by atoms with Crippen LogP contribution < -0.4 is 5.32 Å². The topological polar surface area (TPSA) is 110 Å². The molecule has 8 nitrogen and oxygen atoms in total. The summed E-state index contributed by atoms with van der Waals surface area (Å²) in [6.07, 6.45) is 1.59. The number of ether oxygens (including phenoxy) is 2. The second-order valence-electron chi connectivity index (χ2n) is 6.23. The van der Waals surface area contributed by atoms with Crippen LogP contribution in [0, 0.1) is 5.82 Å². The first-order chi connectivity index (χ1) is 14.9. The number of H-pyrrole nitrogens is 1. The maximum absolute atomic E-state index is 13.0. The van der Waals surface area contributed by atoms with Gasteiger partial charge in [0.2, 0.25) is 5.91 Å². The van der Waals surface area contributed by atoms with E-state index in [4.69, 9.17) is 0 Å². The van der Waals surface area contributed by atoms with Crippen LogP contribution in [0.4, 0.5) is 10.1 Å². The number of aromatic amines is 1. The zero-order valence-electron chi connectivity index (χ0n) is 16.6. The second kappa shape index (κ2) is 9.90. The van der Waals surface area contributed by atoms with E-state index in [1.54, 1.807) is 18.3 Å². The number of nitrogens with zero attached hydrogens (tertiary/aromatic N) is 1. The van der Waals surface area contributed by atoms with E-state index in [1.807, 2.05) is 0 Å². The number of anilines is 1. The van der Waals surface area contributed by atoms with Crippen LogP contribution in [0.5, 0.6) is 0 Å². The Morgan fingerprint density at radius 1 is 1.03 bits per heavy atom. The van der Waals surface area contributed by atoms with Gasteiger partial charge in [0, 0.05) is 5.69 Å². The predicted octanol–water partition coefficient (Wildman–Crippen LogP) is 3.52. The number of hydrogen-bond donors (Lipinski definition) is 2. The molecule has 0 fully saturated rings. The molecule has 1 amide bonds. The van der Waals surface area contributed by atoms with E-state index >= 15 is 0 Å². The molecule has 1 heterocycles. The number of carbonyl (C=O) groups is 3. The molecule has 2 aromatic carbocycles. The zero-order valence-corrected chi connectivity index (χ0v) is 17.4. The lowest BCUT2D eigenvalue weighted by molar-refractivity contribution is -0.113. The molecule has 0 aliphatic rings. The van der Waals surface area contributed by atoms with Crippen molar-refractivity contribution in [2.45, 2.75) is 5.16 Å². The van der Waals surface area contributed by atoms with Gasteiger partial charge in [0.25, 0.3) is 0 Å². The van der Waals surface area contributed by atoms with Crippen molar-refractivity contribution in [2.24, 2.45) is 0 Å². The Balaban J connectivity index is 1.66. The number of carbonyl (C=O) groups excluding carboxylic acids is 3. The summed E-state index contributed by atoms with van der Waals surface area (Å²) in [5, 5.41) is 3.14. The number of thioether (sulfide) groups is 1. The number of methoxy groups -OCH3 is 2.